The zero-order valence-electron chi connectivity index (χ0n) is 33.1. The van der Waals surface area contributed by atoms with Crippen LogP contribution in [0.15, 0.2) is 131 Å². The van der Waals surface area contributed by atoms with Gasteiger partial charge in [-0.3, -0.25) is 9.62 Å². The molecule has 1 saturated heterocycles. The molecule has 16 heteroatoms. The maximum Gasteiger partial charge on any atom is 0.573 e. The van der Waals surface area contributed by atoms with Crippen LogP contribution in [0.4, 0.5) is 30.4 Å². The number of ether oxygens (including phenoxy) is 1. The molecule has 2 heterocycles. The Bertz CT molecular complexity index is 2490. The average molecular weight is 876 g/mol. The van der Waals surface area contributed by atoms with E-state index in [0.29, 0.717) is 28.1 Å². The van der Waals surface area contributed by atoms with E-state index in [4.69, 9.17) is 11.6 Å². The van der Waals surface area contributed by atoms with Crippen LogP contribution in [0.25, 0.3) is 22.0 Å². The smallest absolute Gasteiger partial charge is 0.404 e. The van der Waals surface area contributed by atoms with Crippen molar-refractivity contribution in [2.75, 3.05) is 67.5 Å². The molecule has 314 valence electrons. The summed E-state index contributed by atoms with van der Waals surface area (Å²) in [6.45, 7) is 4.68. The van der Waals surface area contributed by atoms with Crippen molar-refractivity contribution in [2.45, 2.75) is 35.2 Å². The van der Waals surface area contributed by atoms with Gasteiger partial charge in [0.25, 0.3) is 10.0 Å². The lowest BCUT2D eigenvalue weighted by molar-refractivity contribution is -0.275. The zero-order chi connectivity index (χ0) is 42.3. The molecule has 1 aliphatic rings. The molecule has 0 aliphatic carbocycles. The second-order valence-corrected chi connectivity index (χ2v) is 17.9. The minimum Gasteiger partial charge on any atom is -0.404 e. The van der Waals surface area contributed by atoms with Crippen LogP contribution in [0.5, 0.6) is 5.75 Å². The van der Waals surface area contributed by atoms with Crippen LogP contribution in [0, 0.1) is 0 Å². The lowest BCUT2D eigenvalue weighted by atomic mass is 9.99. The van der Waals surface area contributed by atoms with E-state index in [2.05, 4.69) is 52.7 Å². The van der Waals surface area contributed by atoms with E-state index in [9.17, 15) is 21.6 Å². The first-order chi connectivity index (χ1) is 28.8. The number of piperazine rings is 1. The van der Waals surface area contributed by atoms with Crippen LogP contribution in [0.3, 0.4) is 0 Å². The molecule has 0 amide bonds. The first-order valence-corrected chi connectivity index (χ1v) is 22.2. The number of nitrogens with one attached hydrogen (secondary N) is 2. The van der Waals surface area contributed by atoms with E-state index in [1.54, 1.807) is 17.8 Å². The largest absolute Gasteiger partial charge is 0.573 e. The van der Waals surface area contributed by atoms with Crippen molar-refractivity contribution in [3.63, 3.8) is 0 Å². The fourth-order valence-corrected chi connectivity index (χ4v) is 9.32. The van der Waals surface area contributed by atoms with E-state index < -0.39 is 27.0 Å². The Kier molecular flexibility index (Phi) is 13.7. The number of anilines is 3. The van der Waals surface area contributed by atoms with Gasteiger partial charge in [-0.05, 0) is 98.3 Å². The van der Waals surface area contributed by atoms with E-state index in [-0.39, 0.29) is 17.5 Å². The van der Waals surface area contributed by atoms with Crippen molar-refractivity contribution >= 4 is 61.5 Å². The molecule has 2 N–H and O–H groups in total. The number of rotatable bonds is 16. The number of thioether (sulfide) groups is 1. The Morgan fingerprint density at radius 2 is 1.62 bits per heavy atom. The number of sulfonamides is 1. The van der Waals surface area contributed by atoms with Crippen LogP contribution in [0.1, 0.15) is 12.0 Å². The first-order valence-electron chi connectivity index (χ1n) is 19.4. The van der Waals surface area contributed by atoms with Gasteiger partial charge < -0.3 is 19.9 Å². The monoisotopic (exact) mass is 875 g/mol. The predicted molar refractivity (Wildman–Crippen MR) is 236 cm³/mol. The zero-order valence-corrected chi connectivity index (χ0v) is 35.5. The maximum absolute atomic E-state index is 13.8. The number of nitrogens with zero attached hydrogens (tertiary/aromatic N) is 5. The Morgan fingerprint density at radius 3 is 2.35 bits per heavy atom. The summed E-state index contributed by atoms with van der Waals surface area (Å²) in [7, 11) is -0.748. The second-order valence-electron chi connectivity index (χ2n) is 14.7. The summed E-state index contributed by atoms with van der Waals surface area (Å²) in [6.07, 6.45) is -3.24. The summed E-state index contributed by atoms with van der Waals surface area (Å²) < 4.78 is 75.7. The van der Waals surface area contributed by atoms with E-state index in [1.807, 2.05) is 91.8 Å². The molecule has 0 spiro atoms. The van der Waals surface area contributed by atoms with Crippen LogP contribution in [0.2, 0.25) is 5.02 Å². The minimum atomic E-state index is -5.15. The summed E-state index contributed by atoms with van der Waals surface area (Å²) in [5.41, 5.74) is 5.18. The highest BCUT2D eigenvalue weighted by molar-refractivity contribution is 7.99. The predicted octanol–water partition coefficient (Wildman–Crippen LogP) is 9.50. The molecule has 7 rings (SSSR count). The Morgan fingerprint density at radius 1 is 0.883 bits per heavy atom. The molecular formula is C44H45ClF3N7O3S2. The van der Waals surface area contributed by atoms with Crippen molar-refractivity contribution < 1.29 is 26.3 Å². The molecule has 5 aromatic carbocycles. The van der Waals surface area contributed by atoms with Gasteiger partial charge in [0.15, 0.2) is 11.6 Å². The highest BCUT2D eigenvalue weighted by Gasteiger charge is 2.35. The van der Waals surface area contributed by atoms with E-state index in [1.165, 1.54) is 23.5 Å². The summed E-state index contributed by atoms with van der Waals surface area (Å²) in [5, 5.41) is 4.38. The number of hydrogen-bond donors (Lipinski definition) is 2. The molecule has 60 heavy (non-hydrogen) atoms. The SMILES string of the molecule is CN(C)CC[C@H](CSc1ccccc1)Nc1ccc(S(=O)(=O)Nc2ncnc3cc(N4CCN(Cc5ccccc5-c5ccc(Cl)cc5)CC4)ccc23)c(OC(F)(F)F)c1. The van der Waals surface area contributed by atoms with Gasteiger partial charge in [0.2, 0.25) is 0 Å². The maximum atomic E-state index is 13.8. The second kappa shape index (κ2) is 19.1. The molecule has 10 nitrogen and oxygen atoms in total. The number of aromatic nitrogens is 2. The summed E-state index contributed by atoms with van der Waals surface area (Å²) in [5.74, 6) is -0.318. The van der Waals surface area contributed by atoms with E-state index in [0.717, 1.165) is 67.5 Å². The third-order valence-corrected chi connectivity index (χ3v) is 12.9. The quantitative estimate of drug-likeness (QED) is 0.0915. The molecule has 1 aromatic heterocycles. The molecule has 6 aromatic rings. The standard InChI is InChI=1S/C44H45ClF3N7O3S2/c1-53(2)21-20-35(29-59-37-9-4-3-5-10-37)51-34-16-19-42(41(26-34)58-44(46,47)48)60(56,57)52-43-39-18-17-36(27-40(39)49-30-50-43)55-24-22-54(23-25-55)28-32-8-6-7-11-38(32)31-12-14-33(45)15-13-31/h3-19,26-27,30,35,51H,20-25,28-29H2,1-2H3,(H,49,50,52)/t35-/m1/s1. The fourth-order valence-electron chi connectivity index (χ4n) is 7.06. The number of fused-ring (bicyclic) bond motifs is 1. The Hall–Kier alpha value is -5.06. The van der Waals surface area contributed by atoms with Crippen molar-refractivity contribution in [3.8, 4) is 16.9 Å². The highest BCUT2D eigenvalue weighted by Crippen LogP contribution is 2.35. The molecule has 0 radical (unpaired) electrons. The lowest BCUT2D eigenvalue weighted by Crippen LogP contribution is -2.46. The van der Waals surface area contributed by atoms with E-state index >= 15 is 0 Å². The molecule has 1 aliphatic heterocycles. The van der Waals surface area contributed by atoms with Gasteiger partial charge >= 0.3 is 6.36 Å². The molecule has 0 bridgehead atoms. The summed E-state index contributed by atoms with van der Waals surface area (Å²) in [4.78, 5) is 15.6. The first kappa shape index (κ1) is 43.0. The Balaban J connectivity index is 1.05. The lowest BCUT2D eigenvalue weighted by Gasteiger charge is -2.36. The Labute approximate surface area is 357 Å². The number of benzene rings is 5. The number of hydrogen-bond acceptors (Lipinski definition) is 10. The average Bonchev–Trinajstić information content (AvgIpc) is 3.22. The fraction of sp³-hybridized carbons (Fsp3) is 0.273. The topological polar surface area (TPSA) is 103 Å². The van der Waals surface area contributed by atoms with Crippen LogP contribution in [-0.4, -0.2) is 93.2 Å². The third kappa shape index (κ3) is 11.4. The van der Waals surface area contributed by atoms with Crippen LogP contribution in [-0.2, 0) is 16.6 Å². The highest BCUT2D eigenvalue weighted by atomic mass is 35.5. The van der Waals surface area contributed by atoms with Crippen molar-refractivity contribution in [2.24, 2.45) is 0 Å². The summed E-state index contributed by atoms with van der Waals surface area (Å²) >= 11 is 7.75. The molecule has 1 atom stereocenters. The van der Waals surface area contributed by atoms with Crippen molar-refractivity contribution in [3.05, 3.63) is 132 Å². The van der Waals surface area contributed by atoms with Gasteiger partial charge in [-0.2, -0.15) is 0 Å². The van der Waals surface area contributed by atoms with Gasteiger partial charge in [0, 0.05) is 77.3 Å². The van der Waals surface area contributed by atoms with Gasteiger partial charge in [-0.25, -0.2) is 18.4 Å². The number of alkyl halides is 3. The minimum absolute atomic E-state index is 0.0717. The van der Waals surface area contributed by atoms with Crippen LogP contribution < -0.4 is 19.7 Å². The molecule has 0 unspecified atom stereocenters. The van der Waals surface area contributed by atoms with Gasteiger partial charge in [0.1, 0.15) is 11.2 Å². The van der Waals surface area contributed by atoms with Gasteiger partial charge in [0.05, 0.1) is 5.52 Å². The van der Waals surface area contributed by atoms with Crippen molar-refractivity contribution in [1.29, 1.82) is 0 Å². The molecule has 1 fully saturated rings. The third-order valence-electron chi connectivity index (χ3n) is 10.1. The normalized spacial score (nSPS) is 14.3. The van der Waals surface area contributed by atoms with Crippen LogP contribution >= 0.6 is 23.4 Å². The van der Waals surface area contributed by atoms with Gasteiger partial charge in [-0.15, -0.1) is 24.9 Å². The molecular weight excluding hydrogens is 831 g/mol. The summed E-state index contributed by atoms with van der Waals surface area (Å²) in [6, 6.07) is 34.9. The number of halogens is 4. The van der Waals surface area contributed by atoms with Gasteiger partial charge in [-0.1, -0.05) is 66.2 Å². The van der Waals surface area contributed by atoms with Crippen molar-refractivity contribution in [1.82, 2.24) is 19.8 Å². The molecule has 0 saturated carbocycles.